The molecule has 0 aliphatic carbocycles. The maximum atomic E-state index is 5.99. The minimum Gasteiger partial charge on any atom is -0.360 e. The topological polar surface area (TPSA) is 60.0 Å². The zero-order valence-electron chi connectivity index (χ0n) is 18.4. The summed E-state index contributed by atoms with van der Waals surface area (Å²) in [4.78, 5) is 2.48. The van der Waals surface area contributed by atoms with E-state index in [9.17, 15) is 0 Å². The van der Waals surface area contributed by atoms with Crippen LogP contribution in [0.3, 0.4) is 0 Å². The van der Waals surface area contributed by atoms with E-state index in [1.807, 2.05) is 36.4 Å². The van der Waals surface area contributed by atoms with Gasteiger partial charge in [-0.2, -0.15) is 0 Å². The van der Waals surface area contributed by atoms with Crippen LogP contribution in [0.5, 0.6) is 0 Å². The average Bonchev–Trinajstić information content (AvgIpc) is 3.47. The van der Waals surface area contributed by atoms with Crippen LogP contribution in [0.4, 0.5) is 0 Å². The second-order valence-corrected chi connectivity index (χ2v) is 9.66. The number of benzene rings is 2. The Balaban J connectivity index is 1.32. The molecule has 1 aliphatic heterocycles. The van der Waals surface area contributed by atoms with Gasteiger partial charge in [0.05, 0.1) is 18.8 Å². The zero-order valence-corrected chi connectivity index (χ0v) is 19.9. The molecule has 0 amide bonds. The van der Waals surface area contributed by atoms with E-state index in [-0.39, 0.29) is 0 Å². The van der Waals surface area contributed by atoms with Crippen molar-refractivity contribution in [1.29, 1.82) is 0 Å². The summed E-state index contributed by atoms with van der Waals surface area (Å²) in [6.45, 7) is 3.85. The van der Waals surface area contributed by atoms with Crippen molar-refractivity contribution >= 4 is 23.4 Å². The molecule has 170 valence electrons. The van der Waals surface area contributed by atoms with Crippen molar-refractivity contribution in [3.8, 4) is 11.3 Å². The van der Waals surface area contributed by atoms with Gasteiger partial charge in [0.15, 0.2) is 5.16 Å². The number of rotatable bonds is 8. The highest BCUT2D eigenvalue weighted by molar-refractivity contribution is 7.98. The molecular weight excluding hydrogens is 454 g/mol. The molecule has 3 heterocycles. The number of hydrogen-bond donors (Lipinski definition) is 0. The molecule has 0 N–H and O–H groups in total. The summed E-state index contributed by atoms with van der Waals surface area (Å²) in [5.74, 6) is 2.46. The first kappa shape index (κ1) is 22.2. The molecule has 33 heavy (non-hydrogen) atoms. The molecule has 1 aliphatic rings. The van der Waals surface area contributed by atoms with Crippen molar-refractivity contribution < 1.29 is 4.52 Å². The van der Waals surface area contributed by atoms with Gasteiger partial charge in [0.1, 0.15) is 17.3 Å². The van der Waals surface area contributed by atoms with Crippen molar-refractivity contribution in [2.75, 3.05) is 13.1 Å². The number of halogens is 1. The molecule has 1 saturated heterocycles. The van der Waals surface area contributed by atoms with Crippen LogP contribution in [0, 0.1) is 0 Å². The minimum absolute atomic E-state index is 0.636. The molecule has 2 aromatic carbocycles. The van der Waals surface area contributed by atoms with Crippen LogP contribution in [0.1, 0.15) is 36.4 Å². The Morgan fingerprint density at radius 3 is 2.48 bits per heavy atom. The van der Waals surface area contributed by atoms with Gasteiger partial charge in [-0.25, -0.2) is 0 Å². The van der Waals surface area contributed by atoms with Gasteiger partial charge in [-0.3, -0.25) is 4.90 Å². The van der Waals surface area contributed by atoms with Gasteiger partial charge >= 0.3 is 0 Å². The number of nitrogens with zero attached hydrogens (tertiary/aromatic N) is 5. The first-order chi connectivity index (χ1) is 16.2. The van der Waals surface area contributed by atoms with Crippen molar-refractivity contribution in [2.24, 2.45) is 0 Å². The maximum absolute atomic E-state index is 5.99. The molecule has 0 bridgehead atoms. The van der Waals surface area contributed by atoms with Gasteiger partial charge in [-0.15, -0.1) is 10.2 Å². The summed E-state index contributed by atoms with van der Waals surface area (Å²) in [6.07, 6.45) is 3.84. The number of aromatic nitrogens is 4. The fourth-order valence-corrected chi connectivity index (χ4v) is 5.02. The summed E-state index contributed by atoms with van der Waals surface area (Å²) < 4.78 is 7.83. The fourth-order valence-electron chi connectivity index (χ4n) is 4.06. The number of likely N-dealkylation sites (tertiary alicyclic amines) is 1. The molecule has 0 spiro atoms. The van der Waals surface area contributed by atoms with Gasteiger partial charge in [-0.1, -0.05) is 77.4 Å². The van der Waals surface area contributed by atoms with Crippen LogP contribution in [-0.4, -0.2) is 37.9 Å². The minimum atomic E-state index is 0.636. The van der Waals surface area contributed by atoms with Crippen molar-refractivity contribution in [1.82, 2.24) is 24.8 Å². The lowest BCUT2D eigenvalue weighted by atomic mass is 10.1. The van der Waals surface area contributed by atoms with Crippen LogP contribution < -0.4 is 0 Å². The lowest BCUT2D eigenvalue weighted by Crippen LogP contribution is -2.30. The highest BCUT2D eigenvalue weighted by Gasteiger charge is 2.18. The Bertz CT molecular complexity index is 1170. The first-order valence-corrected chi connectivity index (χ1v) is 12.6. The second-order valence-electron chi connectivity index (χ2n) is 8.28. The summed E-state index contributed by atoms with van der Waals surface area (Å²) in [7, 11) is 0. The Morgan fingerprint density at radius 1 is 0.909 bits per heavy atom. The molecule has 0 radical (unpaired) electrons. The monoisotopic (exact) mass is 479 g/mol. The SMILES string of the molecule is Clc1ccc(-c2cc(CSc3nnc(CN4CCCCC4)n3Cc3ccccc3)on2)cc1. The molecule has 0 unspecified atom stereocenters. The highest BCUT2D eigenvalue weighted by atomic mass is 35.5. The maximum Gasteiger partial charge on any atom is 0.192 e. The van der Waals surface area contributed by atoms with Crippen molar-refractivity contribution in [3.05, 3.63) is 82.8 Å². The predicted molar refractivity (Wildman–Crippen MR) is 131 cm³/mol. The summed E-state index contributed by atoms with van der Waals surface area (Å²) >= 11 is 7.62. The van der Waals surface area contributed by atoms with E-state index in [2.05, 4.69) is 49.1 Å². The van der Waals surface area contributed by atoms with Crippen molar-refractivity contribution in [3.63, 3.8) is 0 Å². The Kier molecular flexibility index (Phi) is 7.09. The van der Waals surface area contributed by atoms with Gasteiger partial charge in [0, 0.05) is 16.7 Å². The molecule has 5 rings (SSSR count). The lowest BCUT2D eigenvalue weighted by molar-refractivity contribution is 0.213. The standard InChI is InChI=1S/C25H26ClN5OS/c26-21-11-9-20(10-12-21)23-15-22(32-29-23)18-33-25-28-27-24(17-30-13-5-2-6-14-30)31(25)16-19-7-3-1-4-8-19/h1,3-4,7-12,15H,2,5-6,13-14,16-18H2. The van der Waals surface area contributed by atoms with Crippen LogP contribution in [-0.2, 0) is 18.8 Å². The average molecular weight is 480 g/mol. The zero-order chi connectivity index (χ0) is 22.5. The smallest absolute Gasteiger partial charge is 0.192 e. The van der Waals surface area contributed by atoms with E-state index in [0.717, 1.165) is 54.2 Å². The normalized spacial score (nSPS) is 14.6. The van der Waals surface area contributed by atoms with E-state index in [0.29, 0.717) is 10.8 Å². The van der Waals surface area contributed by atoms with Gasteiger partial charge in [-0.05, 0) is 43.6 Å². The molecular formula is C25H26ClN5OS. The summed E-state index contributed by atoms with van der Waals surface area (Å²) in [5.41, 5.74) is 3.03. The third-order valence-electron chi connectivity index (χ3n) is 5.83. The molecule has 6 nitrogen and oxygen atoms in total. The molecule has 2 aromatic heterocycles. The van der Waals surface area contributed by atoms with Crippen LogP contribution in [0.2, 0.25) is 5.02 Å². The van der Waals surface area contributed by atoms with Crippen molar-refractivity contribution in [2.45, 2.75) is 43.3 Å². The van der Waals surface area contributed by atoms with Gasteiger partial charge in [0.25, 0.3) is 0 Å². The van der Waals surface area contributed by atoms with E-state index in [1.54, 1.807) is 11.8 Å². The molecule has 0 atom stereocenters. The Labute approximate surface area is 202 Å². The molecule has 1 fully saturated rings. The van der Waals surface area contributed by atoms with E-state index < -0.39 is 0 Å². The van der Waals surface area contributed by atoms with E-state index >= 15 is 0 Å². The number of hydrogen-bond acceptors (Lipinski definition) is 6. The Hall–Kier alpha value is -2.61. The van der Waals surface area contributed by atoms with Crippen LogP contribution in [0.15, 0.2) is 70.3 Å². The Morgan fingerprint density at radius 2 is 1.70 bits per heavy atom. The van der Waals surface area contributed by atoms with Gasteiger partial charge in [0.2, 0.25) is 0 Å². The quantitative estimate of drug-likeness (QED) is 0.293. The van der Waals surface area contributed by atoms with E-state index in [4.69, 9.17) is 16.1 Å². The first-order valence-electron chi connectivity index (χ1n) is 11.3. The molecule has 8 heteroatoms. The summed E-state index contributed by atoms with van der Waals surface area (Å²) in [6, 6.07) is 20.1. The van der Waals surface area contributed by atoms with Crippen LogP contribution in [0.25, 0.3) is 11.3 Å². The fraction of sp³-hybridized carbons (Fsp3) is 0.320. The van der Waals surface area contributed by atoms with Gasteiger partial charge < -0.3 is 9.09 Å². The third kappa shape index (κ3) is 5.66. The third-order valence-corrected chi connectivity index (χ3v) is 7.07. The van der Waals surface area contributed by atoms with E-state index in [1.165, 1.54) is 24.8 Å². The number of piperidine rings is 1. The predicted octanol–water partition coefficient (Wildman–Crippen LogP) is 5.91. The molecule has 4 aromatic rings. The molecule has 0 saturated carbocycles. The second kappa shape index (κ2) is 10.5. The highest BCUT2D eigenvalue weighted by Crippen LogP contribution is 2.27. The summed E-state index contributed by atoms with van der Waals surface area (Å²) in [5, 5.41) is 14.9. The largest absolute Gasteiger partial charge is 0.360 e. The lowest BCUT2D eigenvalue weighted by Gasteiger charge is -2.26. The number of thioether (sulfide) groups is 1. The van der Waals surface area contributed by atoms with Crippen LogP contribution >= 0.6 is 23.4 Å².